The minimum Gasteiger partial charge on any atom is -0.380 e. The van der Waals surface area contributed by atoms with Gasteiger partial charge < -0.3 is 10.6 Å². The zero-order chi connectivity index (χ0) is 15.4. The number of hydrogen-bond acceptors (Lipinski definition) is 5. The van der Waals surface area contributed by atoms with E-state index in [1.165, 1.54) is 4.68 Å². The van der Waals surface area contributed by atoms with Crippen LogP contribution >= 0.6 is 15.9 Å². The Morgan fingerprint density at radius 1 is 1.48 bits per heavy atom. The van der Waals surface area contributed by atoms with Gasteiger partial charge in [-0.15, -0.1) is 0 Å². The Bertz CT molecular complexity index is 566. The van der Waals surface area contributed by atoms with E-state index >= 15 is 0 Å². The van der Waals surface area contributed by atoms with Crippen molar-refractivity contribution in [2.75, 3.05) is 32.0 Å². The van der Waals surface area contributed by atoms with Crippen LogP contribution in [-0.2, 0) is 11.8 Å². The van der Waals surface area contributed by atoms with Crippen LogP contribution < -0.4 is 16.2 Å². The topological polar surface area (TPSA) is 79.3 Å². The molecule has 1 aliphatic heterocycles. The number of likely N-dealkylation sites (tertiary alicyclic amines) is 1. The molecule has 2 heterocycles. The maximum atomic E-state index is 11.8. The molecule has 1 aromatic heterocycles. The third-order valence-corrected chi connectivity index (χ3v) is 4.44. The molecule has 21 heavy (non-hydrogen) atoms. The van der Waals surface area contributed by atoms with E-state index in [2.05, 4.69) is 36.6 Å². The monoisotopic (exact) mass is 357 g/mol. The van der Waals surface area contributed by atoms with E-state index in [1.807, 2.05) is 0 Å². The fraction of sp³-hybridized carbons (Fsp3) is 0.615. The van der Waals surface area contributed by atoms with Crippen LogP contribution in [0.25, 0.3) is 0 Å². The quantitative estimate of drug-likeness (QED) is 0.802. The number of nitrogens with zero attached hydrogens (tertiary/aromatic N) is 3. The summed E-state index contributed by atoms with van der Waals surface area (Å²) in [5, 5.41) is 10.0. The average Bonchev–Trinajstić information content (AvgIpc) is 2.49. The third kappa shape index (κ3) is 4.04. The summed E-state index contributed by atoms with van der Waals surface area (Å²) in [4.78, 5) is 25.3. The summed E-state index contributed by atoms with van der Waals surface area (Å²) in [7, 11) is 3.27. The van der Waals surface area contributed by atoms with Crippen molar-refractivity contribution in [1.29, 1.82) is 0 Å². The van der Waals surface area contributed by atoms with E-state index < -0.39 is 0 Å². The van der Waals surface area contributed by atoms with Gasteiger partial charge in [-0.3, -0.25) is 14.5 Å². The number of hydrogen-bond donors (Lipinski definition) is 2. The van der Waals surface area contributed by atoms with E-state index in [0.717, 1.165) is 31.6 Å². The Kier molecular flexibility index (Phi) is 5.35. The van der Waals surface area contributed by atoms with Crippen molar-refractivity contribution in [2.24, 2.45) is 7.05 Å². The molecule has 1 fully saturated rings. The summed E-state index contributed by atoms with van der Waals surface area (Å²) >= 11 is 3.31. The largest absolute Gasteiger partial charge is 0.380 e. The first-order valence-electron chi connectivity index (χ1n) is 6.92. The Hall–Kier alpha value is -1.41. The van der Waals surface area contributed by atoms with Crippen molar-refractivity contribution in [3.05, 3.63) is 21.0 Å². The van der Waals surface area contributed by atoms with Crippen LogP contribution in [0.3, 0.4) is 0 Å². The van der Waals surface area contributed by atoms with Gasteiger partial charge in [-0.2, -0.15) is 5.10 Å². The maximum Gasteiger partial charge on any atom is 0.282 e. The first-order valence-corrected chi connectivity index (χ1v) is 7.72. The smallest absolute Gasteiger partial charge is 0.282 e. The molecule has 2 rings (SSSR count). The molecule has 0 bridgehead atoms. The van der Waals surface area contributed by atoms with Gasteiger partial charge in [0.15, 0.2) is 0 Å². The van der Waals surface area contributed by atoms with Gasteiger partial charge in [0.1, 0.15) is 4.47 Å². The number of halogens is 1. The molecule has 2 N–H and O–H groups in total. The van der Waals surface area contributed by atoms with Gasteiger partial charge in [0.05, 0.1) is 18.4 Å². The summed E-state index contributed by atoms with van der Waals surface area (Å²) in [6.07, 6.45) is 3.51. The number of rotatable bonds is 4. The summed E-state index contributed by atoms with van der Waals surface area (Å²) in [6.45, 7) is 2.17. The number of aromatic nitrogens is 2. The minimum absolute atomic E-state index is 0.0416. The fourth-order valence-corrected chi connectivity index (χ4v) is 2.82. The Morgan fingerprint density at radius 2 is 2.14 bits per heavy atom. The van der Waals surface area contributed by atoms with Crippen LogP contribution in [0.4, 0.5) is 5.69 Å². The molecule has 1 aromatic rings. The van der Waals surface area contributed by atoms with Crippen molar-refractivity contribution in [3.63, 3.8) is 0 Å². The highest BCUT2D eigenvalue weighted by Gasteiger charge is 2.21. The SMILES string of the molecule is CNC(=O)CN1CCC(Nc2cnn(C)c(=O)c2Br)CC1. The van der Waals surface area contributed by atoms with Gasteiger partial charge in [-0.1, -0.05) is 0 Å². The van der Waals surface area contributed by atoms with Crippen molar-refractivity contribution in [2.45, 2.75) is 18.9 Å². The van der Waals surface area contributed by atoms with Gasteiger partial charge in [-0.05, 0) is 28.8 Å². The number of carbonyl (C=O) groups excluding carboxylic acids is 1. The molecular weight excluding hydrogens is 338 g/mol. The number of carbonyl (C=O) groups is 1. The normalized spacial score (nSPS) is 16.7. The zero-order valence-corrected chi connectivity index (χ0v) is 13.8. The van der Waals surface area contributed by atoms with E-state index in [4.69, 9.17) is 0 Å². The predicted octanol–water partition coefficient (Wildman–Crippen LogP) is 0.165. The van der Waals surface area contributed by atoms with Crippen LogP contribution in [0.5, 0.6) is 0 Å². The van der Waals surface area contributed by atoms with E-state index in [1.54, 1.807) is 20.3 Å². The van der Waals surface area contributed by atoms with Crippen LogP contribution in [0.2, 0.25) is 0 Å². The summed E-state index contributed by atoms with van der Waals surface area (Å²) in [5.41, 5.74) is 0.569. The first kappa shape index (κ1) is 16.0. The second-order valence-electron chi connectivity index (χ2n) is 5.17. The van der Waals surface area contributed by atoms with Gasteiger partial charge in [0.2, 0.25) is 5.91 Å². The molecule has 0 atom stereocenters. The van der Waals surface area contributed by atoms with Crippen LogP contribution in [-0.4, -0.2) is 53.3 Å². The third-order valence-electron chi connectivity index (χ3n) is 3.67. The molecule has 0 unspecified atom stereocenters. The zero-order valence-electron chi connectivity index (χ0n) is 12.2. The second kappa shape index (κ2) is 7.04. The molecule has 0 spiro atoms. The summed E-state index contributed by atoms with van der Waals surface area (Å²) in [6, 6.07) is 0.288. The Labute approximate surface area is 131 Å². The second-order valence-corrected chi connectivity index (χ2v) is 5.96. The molecular formula is C13H20BrN5O2. The van der Waals surface area contributed by atoms with E-state index in [9.17, 15) is 9.59 Å². The molecule has 7 nitrogen and oxygen atoms in total. The van der Waals surface area contributed by atoms with Gasteiger partial charge >= 0.3 is 0 Å². The van der Waals surface area contributed by atoms with Crippen molar-refractivity contribution in [1.82, 2.24) is 20.0 Å². The Balaban J connectivity index is 1.91. The van der Waals surface area contributed by atoms with Crippen molar-refractivity contribution < 1.29 is 4.79 Å². The lowest BCUT2D eigenvalue weighted by Gasteiger charge is -2.32. The maximum absolute atomic E-state index is 11.8. The molecule has 0 aliphatic carbocycles. The van der Waals surface area contributed by atoms with Gasteiger partial charge in [0, 0.05) is 33.2 Å². The van der Waals surface area contributed by atoms with Crippen LogP contribution in [0, 0.1) is 0 Å². The number of nitrogens with one attached hydrogen (secondary N) is 2. The van der Waals surface area contributed by atoms with Gasteiger partial charge in [-0.25, -0.2) is 4.68 Å². The minimum atomic E-state index is -0.156. The lowest BCUT2D eigenvalue weighted by molar-refractivity contribution is -0.122. The van der Waals surface area contributed by atoms with Crippen LogP contribution in [0.15, 0.2) is 15.5 Å². The highest BCUT2D eigenvalue weighted by molar-refractivity contribution is 9.10. The number of piperidine rings is 1. The van der Waals surface area contributed by atoms with E-state index in [0.29, 0.717) is 11.0 Å². The molecule has 0 radical (unpaired) electrons. The standard InChI is InChI=1S/C13H20BrN5O2/c1-15-11(20)8-19-5-3-9(4-6-19)17-10-7-16-18(2)13(21)12(10)14/h7,9,17H,3-6,8H2,1-2H3,(H,15,20). The number of anilines is 1. The highest BCUT2D eigenvalue weighted by Crippen LogP contribution is 2.20. The molecule has 1 aliphatic rings. The van der Waals surface area contributed by atoms with Gasteiger partial charge in [0.25, 0.3) is 5.56 Å². The molecule has 8 heteroatoms. The van der Waals surface area contributed by atoms with E-state index in [-0.39, 0.29) is 17.5 Å². The molecule has 1 saturated heterocycles. The molecule has 0 aromatic carbocycles. The summed E-state index contributed by atoms with van der Waals surface area (Å²) in [5.74, 6) is 0.0416. The molecule has 1 amide bonds. The first-order chi connectivity index (χ1) is 10.0. The highest BCUT2D eigenvalue weighted by atomic mass is 79.9. The van der Waals surface area contributed by atoms with Crippen molar-refractivity contribution in [3.8, 4) is 0 Å². The number of aryl methyl sites for hydroxylation is 1. The lowest BCUT2D eigenvalue weighted by atomic mass is 10.0. The lowest BCUT2D eigenvalue weighted by Crippen LogP contribution is -2.43. The summed E-state index contributed by atoms with van der Waals surface area (Å²) < 4.78 is 1.80. The molecule has 116 valence electrons. The number of likely N-dealkylation sites (N-methyl/N-ethyl adjacent to an activating group) is 1. The average molecular weight is 358 g/mol. The number of amides is 1. The fourth-order valence-electron chi connectivity index (χ4n) is 2.35. The Morgan fingerprint density at radius 3 is 2.76 bits per heavy atom. The van der Waals surface area contributed by atoms with Crippen LogP contribution in [0.1, 0.15) is 12.8 Å². The van der Waals surface area contributed by atoms with Crippen molar-refractivity contribution >= 4 is 27.5 Å². The predicted molar refractivity (Wildman–Crippen MR) is 84.3 cm³/mol. The molecule has 0 saturated carbocycles.